The van der Waals surface area contributed by atoms with Crippen LogP contribution >= 0.6 is 0 Å². The lowest BCUT2D eigenvalue weighted by molar-refractivity contribution is -0.131. The Hall–Kier alpha value is -1.87. The SMILES string of the molecule is CCCCN(CCCC)C(=O)CCN(Cc1cccc2ccccc12)C1CC1. The maximum absolute atomic E-state index is 12.9. The lowest BCUT2D eigenvalue weighted by atomic mass is 10.0. The van der Waals surface area contributed by atoms with Crippen LogP contribution in [0, 0.1) is 0 Å². The van der Waals surface area contributed by atoms with Crippen molar-refractivity contribution in [2.24, 2.45) is 0 Å². The molecular formula is C25H36N2O. The van der Waals surface area contributed by atoms with Crippen LogP contribution in [0.25, 0.3) is 10.8 Å². The Balaban J connectivity index is 1.62. The molecule has 0 spiro atoms. The number of rotatable bonds is 12. The van der Waals surface area contributed by atoms with Gasteiger partial charge >= 0.3 is 0 Å². The molecule has 0 atom stereocenters. The van der Waals surface area contributed by atoms with Crippen LogP contribution in [0.3, 0.4) is 0 Å². The highest BCUT2D eigenvalue weighted by molar-refractivity contribution is 5.85. The largest absolute Gasteiger partial charge is 0.343 e. The summed E-state index contributed by atoms with van der Waals surface area (Å²) in [4.78, 5) is 17.5. The Morgan fingerprint density at radius 1 is 0.929 bits per heavy atom. The minimum atomic E-state index is 0.338. The summed E-state index contributed by atoms with van der Waals surface area (Å²) < 4.78 is 0. The summed E-state index contributed by atoms with van der Waals surface area (Å²) in [5, 5.41) is 2.65. The molecule has 152 valence electrons. The van der Waals surface area contributed by atoms with Gasteiger partial charge in [-0.05, 0) is 42.0 Å². The molecule has 2 aromatic rings. The first kappa shape index (κ1) is 20.9. The third-order valence-corrected chi connectivity index (χ3v) is 5.85. The van der Waals surface area contributed by atoms with E-state index in [2.05, 4.69) is 66.1 Å². The standard InChI is InChI=1S/C25H36N2O/c1-3-5-17-26(18-6-4-2)25(28)16-19-27(23-14-15-23)20-22-12-9-11-21-10-7-8-13-24(21)22/h7-13,23H,3-6,14-20H2,1-2H3. The van der Waals surface area contributed by atoms with Crippen LogP contribution in [0.15, 0.2) is 42.5 Å². The van der Waals surface area contributed by atoms with Crippen molar-refractivity contribution in [3.8, 4) is 0 Å². The molecule has 0 N–H and O–H groups in total. The van der Waals surface area contributed by atoms with Crippen molar-refractivity contribution in [1.29, 1.82) is 0 Å². The van der Waals surface area contributed by atoms with Crippen LogP contribution in [-0.2, 0) is 11.3 Å². The van der Waals surface area contributed by atoms with Crippen molar-refractivity contribution in [2.45, 2.75) is 71.4 Å². The van der Waals surface area contributed by atoms with E-state index in [1.807, 2.05) is 0 Å². The quantitative estimate of drug-likeness (QED) is 0.477. The molecule has 0 saturated heterocycles. The highest BCUT2D eigenvalue weighted by Crippen LogP contribution is 2.30. The Morgan fingerprint density at radius 2 is 1.61 bits per heavy atom. The summed E-state index contributed by atoms with van der Waals surface area (Å²) in [6.45, 7) is 8.05. The van der Waals surface area contributed by atoms with Gasteiger partial charge in [-0.2, -0.15) is 0 Å². The summed E-state index contributed by atoms with van der Waals surface area (Å²) >= 11 is 0. The van der Waals surface area contributed by atoms with Gasteiger partial charge < -0.3 is 4.90 Å². The molecule has 0 unspecified atom stereocenters. The predicted molar refractivity (Wildman–Crippen MR) is 118 cm³/mol. The predicted octanol–water partition coefficient (Wildman–Crippen LogP) is 5.62. The molecule has 0 aromatic heterocycles. The van der Waals surface area contributed by atoms with E-state index >= 15 is 0 Å². The molecule has 0 radical (unpaired) electrons. The first-order chi connectivity index (χ1) is 13.7. The number of unbranched alkanes of at least 4 members (excludes halogenated alkanes) is 2. The van der Waals surface area contributed by atoms with Gasteiger partial charge in [-0.1, -0.05) is 69.2 Å². The molecular weight excluding hydrogens is 344 g/mol. The monoisotopic (exact) mass is 380 g/mol. The van der Waals surface area contributed by atoms with Gasteiger partial charge in [-0.3, -0.25) is 9.69 Å². The maximum atomic E-state index is 12.9. The van der Waals surface area contributed by atoms with Crippen molar-refractivity contribution in [2.75, 3.05) is 19.6 Å². The fraction of sp³-hybridized carbons (Fsp3) is 0.560. The fourth-order valence-electron chi connectivity index (χ4n) is 3.94. The molecule has 0 aliphatic heterocycles. The van der Waals surface area contributed by atoms with E-state index in [1.54, 1.807) is 0 Å². The summed E-state index contributed by atoms with van der Waals surface area (Å²) in [7, 11) is 0. The minimum absolute atomic E-state index is 0.338. The summed E-state index contributed by atoms with van der Waals surface area (Å²) in [6, 6.07) is 15.9. The van der Waals surface area contributed by atoms with E-state index in [9.17, 15) is 4.79 Å². The van der Waals surface area contributed by atoms with Gasteiger partial charge in [0.1, 0.15) is 0 Å². The molecule has 1 fully saturated rings. The zero-order chi connectivity index (χ0) is 19.8. The highest BCUT2D eigenvalue weighted by atomic mass is 16.2. The lowest BCUT2D eigenvalue weighted by Gasteiger charge is -2.26. The normalized spacial score (nSPS) is 14.0. The van der Waals surface area contributed by atoms with Gasteiger partial charge in [0.15, 0.2) is 0 Å². The second-order valence-corrected chi connectivity index (χ2v) is 8.18. The average molecular weight is 381 g/mol. The van der Waals surface area contributed by atoms with E-state index in [0.29, 0.717) is 18.4 Å². The summed E-state index contributed by atoms with van der Waals surface area (Å²) in [5.74, 6) is 0.338. The van der Waals surface area contributed by atoms with E-state index in [1.165, 1.54) is 29.2 Å². The summed E-state index contributed by atoms with van der Waals surface area (Å²) in [6.07, 6.45) is 7.70. The number of hydrogen-bond acceptors (Lipinski definition) is 2. The molecule has 1 aliphatic carbocycles. The molecule has 1 saturated carbocycles. The van der Waals surface area contributed by atoms with Crippen LogP contribution in [0.4, 0.5) is 0 Å². The fourth-order valence-corrected chi connectivity index (χ4v) is 3.94. The lowest BCUT2D eigenvalue weighted by Crippen LogP contribution is -2.36. The molecule has 0 heterocycles. The average Bonchev–Trinajstić information content (AvgIpc) is 3.56. The van der Waals surface area contributed by atoms with Crippen molar-refractivity contribution < 1.29 is 4.79 Å². The Morgan fingerprint density at radius 3 is 2.29 bits per heavy atom. The third kappa shape index (κ3) is 5.81. The second-order valence-electron chi connectivity index (χ2n) is 8.18. The molecule has 3 rings (SSSR count). The Labute approximate surface area is 170 Å². The minimum Gasteiger partial charge on any atom is -0.343 e. The molecule has 28 heavy (non-hydrogen) atoms. The van der Waals surface area contributed by atoms with Gasteiger partial charge in [0, 0.05) is 38.6 Å². The van der Waals surface area contributed by atoms with Crippen molar-refractivity contribution in [3.63, 3.8) is 0 Å². The molecule has 1 aliphatic rings. The first-order valence-electron chi connectivity index (χ1n) is 11.2. The number of hydrogen-bond donors (Lipinski definition) is 0. The number of carbonyl (C=O) groups excluding carboxylic acids is 1. The summed E-state index contributed by atoms with van der Waals surface area (Å²) in [5.41, 5.74) is 1.38. The smallest absolute Gasteiger partial charge is 0.223 e. The highest BCUT2D eigenvalue weighted by Gasteiger charge is 2.29. The van der Waals surface area contributed by atoms with Crippen LogP contribution in [-0.4, -0.2) is 41.4 Å². The topological polar surface area (TPSA) is 23.6 Å². The van der Waals surface area contributed by atoms with Crippen LogP contribution in [0.5, 0.6) is 0 Å². The number of amides is 1. The van der Waals surface area contributed by atoms with Gasteiger partial charge in [0.25, 0.3) is 0 Å². The first-order valence-corrected chi connectivity index (χ1v) is 11.2. The van der Waals surface area contributed by atoms with Gasteiger partial charge in [-0.25, -0.2) is 0 Å². The van der Waals surface area contributed by atoms with Crippen LogP contribution in [0.2, 0.25) is 0 Å². The van der Waals surface area contributed by atoms with Crippen LogP contribution < -0.4 is 0 Å². The molecule has 3 nitrogen and oxygen atoms in total. The molecule has 0 bridgehead atoms. The van der Waals surface area contributed by atoms with Crippen molar-refractivity contribution in [1.82, 2.24) is 9.80 Å². The number of fused-ring (bicyclic) bond motifs is 1. The zero-order valence-electron chi connectivity index (χ0n) is 17.7. The second kappa shape index (κ2) is 10.6. The zero-order valence-corrected chi connectivity index (χ0v) is 17.7. The van der Waals surface area contributed by atoms with E-state index in [-0.39, 0.29) is 0 Å². The van der Waals surface area contributed by atoms with E-state index in [0.717, 1.165) is 51.9 Å². The van der Waals surface area contributed by atoms with E-state index in [4.69, 9.17) is 0 Å². The van der Waals surface area contributed by atoms with Gasteiger partial charge in [-0.15, -0.1) is 0 Å². The Bertz CT molecular complexity index is 740. The Kier molecular flexibility index (Phi) is 7.90. The van der Waals surface area contributed by atoms with Crippen molar-refractivity contribution in [3.05, 3.63) is 48.0 Å². The molecule has 1 amide bonds. The molecule has 2 aromatic carbocycles. The van der Waals surface area contributed by atoms with Crippen LogP contribution in [0.1, 0.15) is 64.4 Å². The number of benzene rings is 2. The molecule has 3 heteroatoms. The van der Waals surface area contributed by atoms with Gasteiger partial charge in [0.05, 0.1) is 0 Å². The van der Waals surface area contributed by atoms with Gasteiger partial charge in [0.2, 0.25) is 5.91 Å². The van der Waals surface area contributed by atoms with E-state index < -0.39 is 0 Å². The number of carbonyl (C=O) groups is 1. The van der Waals surface area contributed by atoms with Crippen molar-refractivity contribution >= 4 is 16.7 Å². The maximum Gasteiger partial charge on any atom is 0.223 e. The third-order valence-electron chi connectivity index (χ3n) is 5.85. The number of nitrogens with zero attached hydrogens (tertiary/aromatic N) is 2.